The van der Waals surface area contributed by atoms with E-state index in [2.05, 4.69) is 56.6 Å². The van der Waals surface area contributed by atoms with E-state index in [9.17, 15) is 5.11 Å². The summed E-state index contributed by atoms with van der Waals surface area (Å²) >= 11 is 0. The van der Waals surface area contributed by atoms with Crippen LogP contribution in [0.1, 0.15) is 16.8 Å². The molecule has 5 rings (SSSR count). The van der Waals surface area contributed by atoms with Crippen molar-refractivity contribution in [1.82, 2.24) is 9.88 Å². The van der Waals surface area contributed by atoms with Gasteiger partial charge in [-0.05, 0) is 35.9 Å². The summed E-state index contributed by atoms with van der Waals surface area (Å²) in [5.74, 6) is 0.560. The molecule has 1 saturated heterocycles. The Hall–Kier alpha value is -3.42. The number of rotatable bonds is 6. The Bertz CT molecular complexity index is 1100. The first-order valence-corrected chi connectivity index (χ1v) is 10.9. The van der Waals surface area contributed by atoms with Gasteiger partial charge in [0.1, 0.15) is 0 Å². The monoisotopic (exact) mass is 432 g/mol. The fraction of sp³-hybridized carbons (Fsp3) is 0.280. The second-order valence-electron chi connectivity index (χ2n) is 8.11. The van der Waals surface area contributed by atoms with Gasteiger partial charge in [0.15, 0.2) is 11.5 Å². The lowest BCUT2D eigenvalue weighted by Crippen LogP contribution is -2.35. The lowest BCUT2D eigenvalue weighted by atomic mass is 10.1. The number of phenolic OH excluding ortho intramolecular Hbond substituents is 1. The molecular weight excluding hydrogens is 404 g/mol. The summed E-state index contributed by atoms with van der Waals surface area (Å²) in [5, 5.41) is 13.6. The Morgan fingerprint density at radius 2 is 1.91 bits per heavy atom. The molecule has 7 nitrogen and oxygen atoms in total. The van der Waals surface area contributed by atoms with Crippen molar-refractivity contribution in [1.29, 1.82) is 0 Å². The maximum absolute atomic E-state index is 10.1. The van der Waals surface area contributed by atoms with Gasteiger partial charge < -0.3 is 29.8 Å². The minimum atomic E-state index is 0.107. The predicted octanol–water partition coefficient (Wildman–Crippen LogP) is 3.99. The topological polar surface area (TPSA) is 73.0 Å². The van der Waals surface area contributed by atoms with Gasteiger partial charge in [0, 0.05) is 60.7 Å². The molecule has 0 bridgehead atoms. The summed E-state index contributed by atoms with van der Waals surface area (Å²) in [6.45, 7) is 5.33. The van der Waals surface area contributed by atoms with Crippen LogP contribution in [0.2, 0.25) is 0 Å². The summed E-state index contributed by atoms with van der Waals surface area (Å²) in [6.07, 6.45) is 4.08. The third kappa shape index (κ3) is 4.30. The minimum Gasteiger partial charge on any atom is -0.504 e. The third-order valence-corrected chi connectivity index (χ3v) is 5.97. The molecule has 3 aromatic rings. The number of benzene rings is 2. The van der Waals surface area contributed by atoms with Crippen LogP contribution in [0, 0.1) is 0 Å². The van der Waals surface area contributed by atoms with Gasteiger partial charge in [-0.2, -0.15) is 0 Å². The van der Waals surface area contributed by atoms with Crippen LogP contribution in [-0.2, 0) is 17.8 Å². The Morgan fingerprint density at radius 1 is 1.09 bits per heavy atom. The zero-order chi connectivity index (χ0) is 21.9. The summed E-state index contributed by atoms with van der Waals surface area (Å²) < 4.78 is 10.6. The molecule has 2 aliphatic rings. The summed E-state index contributed by atoms with van der Waals surface area (Å²) in [4.78, 5) is 8.01. The van der Waals surface area contributed by atoms with Gasteiger partial charge >= 0.3 is 0 Å². The van der Waals surface area contributed by atoms with Crippen LogP contribution in [0.3, 0.4) is 0 Å². The Kier molecular flexibility index (Phi) is 5.75. The number of aromatic nitrogens is 1. The molecule has 0 unspecified atom stereocenters. The number of fused-ring (bicyclic) bond motifs is 1. The zero-order valence-corrected chi connectivity index (χ0v) is 18.2. The zero-order valence-electron chi connectivity index (χ0n) is 18.2. The highest BCUT2D eigenvalue weighted by Crippen LogP contribution is 2.33. The standard InChI is InChI=1S/C25H28N4O3/c1-31-25-7-4-19(14-24(25)30)27-23-17-29(16-22-21(23)8-9-26-22)20-5-2-18(3-6-20)15-28-10-12-32-13-11-28/h2-9,14,17,26-27,30H,10-13,15-16H2,1H3. The molecule has 1 aromatic heterocycles. The van der Waals surface area contributed by atoms with Gasteiger partial charge in [0.2, 0.25) is 0 Å². The molecule has 166 valence electrons. The number of morpholine rings is 1. The summed E-state index contributed by atoms with van der Waals surface area (Å²) in [7, 11) is 1.54. The Morgan fingerprint density at radius 3 is 2.66 bits per heavy atom. The van der Waals surface area contributed by atoms with Gasteiger partial charge in [-0.15, -0.1) is 0 Å². The van der Waals surface area contributed by atoms with Gasteiger partial charge in [0.25, 0.3) is 0 Å². The lowest BCUT2D eigenvalue weighted by Gasteiger charge is -2.29. The first kappa shape index (κ1) is 20.5. The molecule has 3 heterocycles. The van der Waals surface area contributed by atoms with E-state index in [0.717, 1.165) is 67.7 Å². The second-order valence-corrected chi connectivity index (χ2v) is 8.11. The average molecular weight is 433 g/mol. The fourth-order valence-corrected chi connectivity index (χ4v) is 4.23. The number of ether oxygens (including phenoxy) is 2. The smallest absolute Gasteiger partial charge is 0.160 e. The number of anilines is 2. The van der Waals surface area contributed by atoms with Crippen molar-refractivity contribution >= 4 is 17.1 Å². The molecular formula is C25H28N4O3. The molecule has 0 saturated carbocycles. The molecule has 0 spiro atoms. The van der Waals surface area contributed by atoms with Crippen molar-refractivity contribution in [3.8, 4) is 11.5 Å². The fourth-order valence-electron chi connectivity index (χ4n) is 4.23. The van der Waals surface area contributed by atoms with Crippen molar-refractivity contribution < 1.29 is 14.6 Å². The SMILES string of the molecule is COc1ccc(NC2=CN(c3ccc(CN4CCOCC4)cc3)Cc3[nH]ccc32)cc1O. The summed E-state index contributed by atoms with van der Waals surface area (Å²) in [5.41, 5.74) is 6.47. The van der Waals surface area contributed by atoms with E-state index in [1.807, 2.05) is 12.3 Å². The number of methoxy groups -OCH3 is 1. The van der Waals surface area contributed by atoms with E-state index >= 15 is 0 Å². The van der Waals surface area contributed by atoms with Crippen LogP contribution in [0.15, 0.2) is 60.9 Å². The molecule has 2 aromatic carbocycles. The van der Waals surface area contributed by atoms with Crippen LogP contribution in [0.25, 0.3) is 5.70 Å². The van der Waals surface area contributed by atoms with Crippen molar-refractivity contribution in [3.05, 3.63) is 77.7 Å². The molecule has 32 heavy (non-hydrogen) atoms. The number of nitrogens with one attached hydrogen (secondary N) is 2. The molecule has 3 N–H and O–H groups in total. The highest BCUT2D eigenvalue weighted by Gasteiger charge is 2.20. The van der Waals surface area contributed by atoms with Gasteiger partial charge in [-0.1, -0.05) is 12.1 Å². The normalized spacial score (nSPS) is 16.4. The van der Waals surface area contributed by atoms with E-state index in [4.69, 9.17) is 9.47 Å². The molecule has 2 aliphatic heterocycles. The highest BCUT2D eigenvalue weighted by atomic mass is 16.5. The van der Waals surface area contributed by atoms with E-state index in [1.165, 1.54) is 5.56 Å². The van der Waals surface area contributed by atoms with Gasteiger partial charge in [-0.25, -0.2) is 0 Å². The maximum atomic E-state index is 10.1. The number of hydrogen-bond donors (Lipinski definition) is 3. The molecule has 0 aliphatic carbocycles. The van der Waals surface area contributed by atoms with E-state index in [0.29, 0.717) is 5.75 Å². The largest absolute Gasteiger partial charge is 0.504 e. The lowest BCUT2D eigenvalue weighted by molar-refractivity contribution is 0.0342. The number of hydrogen-bond acceptors (Lipinski definition) is 6. The molecule has 7 heteroatoms. The highest BCUT2D eigenvalue weighted by molar-refractivity contribution is 5.82. The summed E-state index contributed by atoms with van der Waals surface area (Å²) in [6, 6.07) is 16.2. The predicted molar refractivity (Wildman–Crippen MR) is 126 cm³/mol. The first-order chi connectivity index (χ1) is 15.7. The van der Waals surface area contributed by atoms with Crippen LogP contribution in [0.5, 0.6) is 11.5 Å². The Balaban J connectivity index is 1.35. The molecule has 1 fully saturated rings. The minimum absolute atomic E-state index is 0.107. The third-order valence-electron chi connectivity index (χ3n) is 5.97. The van der Waals surface area contributed by atoms with Crippen LogP contribution in [0.4, 0.5) is 11.4 Å². The van der Waals surface area contributed by atoms with Crippen LogP contribution < -0.4 is 15.0 Å². The molecule has 0 amide bonds. The number of H-pyrrole nitrogens is 1. The second kappa shape index (κ2) is 8.98. The van der Waals surface area contributed by atoms with E-state index < -0.39 is 0 Å². The van der Waals surface area contributed by atoms with E-state index in [-0.39, 0.29) is 5.75 Å². The average Bonchev–Trinajstić information content (AvgIpc) is 3.30. The quantitative estimate of drug-likeness (QED) is 0.547. The van der Waals surface area contributed by atoms with Gasteiger partial charge in [-0.3, -0.25) is 4.90 Å². The van der Waals surface area contributed by atoms with Crippen molar-refractivity contribution in [3.63, 3.8) is 0 Å². The van der Waals surface area contributed by atoms with Crippen LogP contribution in [-0.4, -0.2) is 48.4 Å². The maximum Gasteiger partial charge on any atom is 0.160 e. The molecule has 0 atom stereocenters. The first-order valence-electron chi connectivity index (χ1n) is 10.9. The number of aromatic hydroxyl groups is 1. The molecule has 0 radical (unpaired) electrons. The van der Waals surface area contributed by atoms with Crippen LogP contribution >= 0.6 is 0 Å². The van der Waals surface area contributed by atoms with Gasteiger partial charge in [0.05, 0.1) is 32.6 Å². The van der Waals surface area contributed by atoms with Crippen molar-refractivity contribution in [2.24, 2.45) is 0 Å². The Labute approximate surface area is 187 Å². The number of nitrogens with zero attached hydrogens (tertiary/aromatic N) is 2. The van der Waals surface area contributed by atoms with E-state index in [1.54, 1.807) is 19.2 Å². The number of aromatic amines is 1. The number of phenols is 1. The van der Waals surface area contributed by atoms with Crippen molar-refractivity contribution in [2.75, 3.05) is 43.6 Å². The van der Waals surface area contributed by atoms with Crippen molar-refractivity contribution in [2.45, 2.75) is 13.1 Å².